The first-order valence-electron chi connectivity index (χ1n) is 5.72. The molecule has 1 aliphatic rings. The smallest absolute Gasteiger partial charge is 0.129 e. The second-order valence-corrected chi connectivity index (χ2v) is 4.46. The van der Waals surface area contributed by atoms with Gasteiger partial charge in [-0.3, -0.25) is 0 Å². The third-order valence-electron chi connectivity index (χ3n) is 3.18. The number of halogens is 1. The maximum absolute atomic E-state index is 13.7. The van der Waals surface area contributed by atoms with E-state index in [9.17, 15) is 4.39 Å². The Hall–Kier alpha value is -0.890. The summed E-state index contributed by atoms with van der Waals surface area (Å²) in [7, 11) is 0. The Morgan fingerprint density at radius 1 is 1.47 bits per heavy atom. The highest BCUT2D eigenvalue weighted by atomic mass is 19.1. The molecular formula is C13H18FN. The van der Waals surface area contributed by atoms with Gasteiger partial charge in [-0.05, 0) is 56.3 Å². The van der Waals surface area contributed by atoms with Gasteiger partial charge >= 0.3 is 0 Å². The molecule has 0 saturated carbocycles. The fourth-order valence-corrected chi connectivity index (χ4v) is 2.28. The molecular weight excluding hydrogens is 189 g/mol. The summed E-state index contributed by atoms with van der Waals surface area (Å²) >= 11 is 0. The fraction of sp³-hybridized carbons (Fsp3) is 0.538. The molecule has 1 fully saturated rings. The lowest BCUT2D eigenvalue weighted by molar-refractivity contribution is 0.372. The van der Waals surface area contributed by atoms with Gasteiger partial charge in [0.15, 0.2) is 0 Å². The van der Waals surface area contributed by atoms with Crippen molar-refractivity contribution in [3.8, 4) is 0 Å². The summed E-state index contributed by atoms with van der Waals surface area (Å²) in [6.07, 6.45) is 3.32. The Balaban J connectivity index is 2.06. The van der Waals surface area contributed by atoms with E-state index in [1.54, 1.807) is 0 Å². The number of rotatable bonds is 2. The van der Waals surface area contributed by atoms with E-state index >= 15 is 0 Å². The monoisotopic (exact) mass is 207 g/mol. The molecule has 2 rings (SSSR count). The number of nitrogens with one attached hydrogen (secondary N) is 1. The van der Waals surface area contributed by atoms with Gasteiger partial charge in [-0.2, -0.15) is 0 Å². The van der Waals surface area contributed by atoms with Crippen LogP contribution in [0, 0.1) is 18.7 Å². The van der Waals surface area contributed by atoms with Gasteiger partial charge in [-0.25, -0.2) is 4.39 Å². The van der Waals surface area contributed by atoms with Crippen molar-refractivity contribution in [2.24, 2.45) is 5.92 Å². The van der Waals surface area contributed by atoms with Crippen LogP contribution in [-0.2, 0) is 6.42 Å². The molecule has 0 amide bonds. The van der Waals surface area contributed by atoms with Crippen LogP contribution in [-0.4, -0.2) is 13.1 Å². The molecule has 1 N–H and O–H groups in total. The van der Waals surface area contributed by atoms with E-state index in [1.807, 2.05) is 25.1 Å². The predicted octanol–water partition coefficient (Wildman–Crippen LogP) is 2.68. The van der Waals surface area contributed by atoms with Gasteiger partial charge in [0.25, 0.3) is 0 Å². The van der Waals surface area contributed by atoms with Crippen molar-refractivity contribution >= 4 is 0 Å². The topological polar surface area (TPSA) is 12.0 Å². The van der Waals surface area contributed by atoms with Crippen LogP contribution in [0.2, 0.25) is 0 Å². The second kappa shape index (κ2) is 4.75. The summed E-state index contributed by atoms with van der Waals surface area (Å²) in [5, 5.41) is 3.37. The van der Waals surface area contributed by atoms with Crippen LogP contribution in [0.5, 0.6) is 0 Å². The van der Waals surface area contributed by atoms with E-state index in [2.05, 4.69) is 5.32 Å². The van der Waals surface area contributed by atoms with Crippen molar-refractivity contribution in [2.45, 2.75) is 26.2 Å². The molecule has 1 aliphatic heterocycles. The van der Waals surface area contributed by atoms with Crippen molar-refractivity contribution in [3.63, 3.8) is 0 Å². The number of piperidine rings is 1. The van der Waals surface area contributed by atoms with E-state index in [0.29, 0.717) is 5.92 Å². The highest BCUT2D eigenvalue weighted by molar-refractivity contribution is 5.25. The van der Waals surface area contributed by atoms with Gasteiger partial charge < -0.3 is 5.32 Å². The minimum atomic E-state index is -0.0110. The van der Waals surface area contributed by atoms with Gasteiger partial charge in [-0.1, -0.05) is 18.2 Å². The summed E-state index contributed by atoms with van der Waals surface area (Å²) in [6.45, 7) is 3.98. The molecule has 0 aromatic heterocycles. The zero-order valence-electron chi connectivity index (χ0n) is 9.22. The first-order chi connectivity index (χ1) is 7.27. The summed E-state index contributed by atoms with van der Waals surface area (Å²) in [4.78, 5) is 0. The summed E-state index contributed by atoms with van der Waals surface area (Å²) < 4.78 is 13.7. The lowest BCUT2D eigenvalue weighted by Gasteiger charge is -2.23. The molecule has 82 valence electrons. The van der Waals surface area contributed by atoms with Crippen molar-refractivity contribution in [2.75, 3.05) is 13.1 Å². The van der Waals surface area contributed by atoms with E-state index in [4.69, 9.17) is 0 Å². The molecule has 1 aromatic rings. The Kier molecular flexibility index (Phi) is 3.37. The number of hydrogen-bond acceptors (Lipinski definition) is 1. The minimum absolute atomic E-state index is 0.0110. The lowest BCUT2D eigenvalue weighted by atomic mass is 9.91. The van der Waals surface area contributed by atoms with Gasteiger partial charge in [0, 0.05) is 0 Å². The first-order valence-corrected chi connectivity index (χ1v) is 5.72. The average molecular weight is 207 g/mol. The summed E-state index contributed by atoms with van der Waals surface area (Å²) in [6, 6.07) is 5.69. The number of benzene rings is 1. The maximum atomic E-state index is 13.7. The SMILES string of the molecule is Cc1cccc(CC2CCCNC2)c1F. The summed E-state index contributed by atoms with van der Waals surface area (Å²) in [5.74, 6) is 0.595. The van der Waals surface area contributed by atoms with Gasteiger partial charge in [0.05, 0.1) is 0 Å². The quantitative estimate of drug-likeness (QED) is 0.786. The molecule has 0 spiro atoms. The largest absolute Gasteiger partial charge is 0.316 e. The van der Waals surface area contributed by atoms with E-state index < -0.39 is 0 Å². The van der Waals surface area contributed by atoms with E-state index in [-0.39, 0.29) is 5.82 Å². The Morgan fingerprint density at radius 2 is 2.33 bits per heavy atom. The van der Waals surface area contributed by atoms with Crippen LogP contribution in [0.15, 0.2) is 18.2 Å². The van der Waals surface area contributed by atoms with E-state index in [1.165, 1.54) is 12.8 Å². The summed E-state index contributed by atoms with van der Waals surface area (Å²) in [5.41, 5.74) is 1.64. The molecule has 1 saturated heterocycles. The highest BCUT2D eigenvalue weighted by Gasteiger charge is 2.15. The van der Waals surface area contributed by atoms with Gasteiger partial charge in [-0.15, -0.1) is 0 Å². The van der Waals surface area contributed by atoms with Crippen LogP contribution >= 0.6 is 0 Å². The third kappa shape index (κ3) is 2.57. The molecule has 0 radical (unpaired) electrons. The van der Waals surface area contributed by atoms with Crippen LogP contribution < -0.4 is 5.32 Å². The van der Waals surface area contributed by atoms with Crippen molar-refractivity contribution in [3.05, 3.63) is 35.1 Å². The lowest BCUT2D eigenvalue weighted by Crippen LogP contribution is -2.31. The van der Waals surface area contributed by atoms with Crippen LogP contribution in [0.3, 0.4) is 0 Å². The molecule has 0 aliphatic carbocycles. The van der Waals surface area contributed by atoms with Gasteiger partial charge in [0.1, 0.15) is 5.82 Å². The van der Waals surface area contributed by atoms with Crippen molar-refractivity contribution in [1.82, 2.24) is 5.32 Å². The van der Waals surface area contributed by atoms with E-state index in [0.717, 1.165) is 30.6 Å². The predicted molar refractivity (Wildman–Crippen MR) is 60.4 cm³/mol. The molecule has 1 nitrogen and oxygen atoms in total. The normalized spacial score (nSPS) is 21.6. The zero-order chi connectivity index (χ0) is 10.7. The highest BCUT2D eigenvalue weighted by Crippen LogP contribution is 2.20. The second-order valence-electron chi connectivity index (χ2n) is 4.46. The Bertz CT molecular complexity index is 329. The van der Waals surface area contributed by atoms with Crippen LogP contribution in [0.25, 0.3) is 0 Å². The molecule has 2 heteroatoms. The number of hydrogen-bond donors (Lipinski definition) is 1. The zero-order valence-corrected chi connectivity index (χ0v) is 9.22. The first kappa shape index (κ1) is 10.6. The molecule has 1 atom stereocenters. The molecule has 1 unspecified atom stereocenters. The van der Waals surface area contributed by atoms with Gasteiger partial charge in [0.2, 0.25) is 0 Å². The molecule has 0 bridgehead atoms. The van der Waals surface area contributed by atoms with Crippen molar-refractivity contribution < 1.29 is 4.39 Å². The standard InChI is InChI=1S/C13H18FN/c1-10-4-2-6-12(13(10)14)8-11-5-3-7-15-9-11/h2,4,6,11,15H,3,5,7-9H2,1H3. The Labute approximate surface area is 90.7 Å². The molecule has 15 heavy (non-hydrogen) atoms. The minimum Gasteiger partial charge on any atom is -0.316 e. The Morgan fingerprint density at radius 3 is 3.07 bits per heavy atom. The maximum Gasteiger partial charge on any atom is 0.129 e. The number of aryl methyl sites for hydroxylation is 1. The third-order valence-corrected chi connectivity index (χ3v) is 3.18. The van der Waals surface area contributed by atoms with Crippen LogP contribution in [0.4, 0.5) is 4.39 Å². The molecule has 1 aromatic carbocycles. The van der Waals surface area contributed by atoms with Crippen LogP contribution in [0.1, 0.15) is 24.0 Å². The molecule has 1 heterocycles. The average Bonchev–Trinajstić information content (AvgIpc) is 2.26. The fourth-order valence-electron chi connectivity index (χ4n) is 2.28. The van der Waals surface area contributed by atoms with Crippen molar-refractivity contribution in [1.29, 1.82) is 0 Å².